The van der Waals surface area contributed by atoms with Crippen LogP contribution < -0.4 is 10.2 Å². The van der Waals surface area contributed by atoms with Crippen molar-refractivity contribution < 1.29 is 8.78 Å². The molecule has 1 aliphatic rings. The lowest BCUT2D eigenvalue weighted by molar-refractivity contribution is 0.270. The maximum absolute atomic E-state index is 14.1. The van der Waals surface area contributed by atoms with Crippen molar-refractivity contribution in [1.82, 2.24) is 14.9 Å². The summed E-state index contributed by atoms with van der Waals surface area (Å²) >= 11 is 0. The molecule has 0 atom stereocenters. The molecule has 1 N–H and O–H groups in total. The fraction of sp³-hybridized carbons (Fsp3) is 0.273. The van der Waals surface area contributed by atoms with E-state index in [1.807, 2.05) is 30.3 Å². The molecule has 29 heavy (non-hydrogen) atoms. The standard InChI is InChI=1S/C22H23F2N5/c1-2-28-11-13-29(14-12-28)20-15-19(25-21-17(23)9-6-10-18(21)24)26-22(27-20)16-7-4-3-5-8-16/h3-10,15H,2,11-14H2,1H3,(H,25,26,27). The van der Waals surface area contributed by atoms with Crippen molar-refractivity contribution in [3.8, 4) is 11.4 Å². The maximum Gasteiger partial charge on any atom is 0.163 e. The molecule has 7 heteroatoms. The third-order valence-electron chi connectivity index (χ3n) is 5.10. The first-order valence-electron chi connectivity index (χ1n) is 9.77. The third-order valence-corrected chi connectivity index (χ3v) is 5.10. The molecule has 1 saturated heterocycles. The Morgan fingerprint density at radius 1 is 0.897 bits per heavy atom. The van der Waals surface area contributed by atoms with Crippen LogP contribution in [0.4, 0.5) is 26.1 Å². The van der Waals surface area contributed by atoms with E-state index in [1.165, 1.54) is 18.2 Å². The number of rotatable bonds is 5. The average Bonchev–Trinajstić information content (AvgIpc) is 2.77. The Labute approximate surface area is 169 Å². The molecule has 2 aromatic carbocycles. The molecule has 150 valence electrons. The van der Waals surface area contributed by atoms with Crippen LogP contribution in [-0.4, -0.2) is 47.6 Å². The third kappa shape index (κ3) is 4.35. The van der Waals surface area contributed by atoms with Gasteiger partial charge in [-0.25, -0.2) is 18.7 Å². The van der Waals surface area contributed by atoms with Gasteiger partial charge in [0.25, 0.3) is 0 Å². The van der Waals surface area contributed by atoms with E-state index in [0.29, 0.717) is 11.6 Å². The number of nitrogens with one attached hydrogen (secondary N) is 1. The summed E-state index contributed by atoms with van der Waals surface area (Å²) in [6.45, 7) is 6.75. The molecule has 4 rings (SSSR count). The Kier molecular flexibility index (Phi) is 5.67. The van der Waals surface area contributed by atoms with Gasteiger partial charge in [-0.05, 0) is 18.7 Å². The molecule has 5 nitrogen and oxygen atoms in total. The van der Waals surface area contributed by atoms with Gasteiger partial charge < -0.3 is 15.1 Å². The highest BCUT2D eigenvalue weighted by molar-refractivity contribution is 5.66. The van der Waals surface area contributed by atoms with Crippen LogP contribution in [0.2, 0.25) is 0 Å². The summed E-state index contributed by atoms with van der Waals surface area (Å²) < 4.78 is 28.3. The van der Waals surface area contributed by atoms with Gasteiger partial charge in [0.1, 0.15) is 29.0 Å². The van der Waals surface area contributed by atoms with E-state index >= 15 is 0 Å². The summed E-state index contributed by atoms with van der Waals surface area (Å²) in [5.74, 6) is 0.288. The number of para-hydroxylation sites is 1. The molecular weight excluding hydrogens is 372 g/mol. The zero-order valence-electron chi connectivity index (χ0n) is 16.3. The number of hydrogen-bond acceptors (Lipinski definition) is 5. The molecule has 0 bridgehead atoms. The Balaban J connectivity index is 1.71. The normalized spacial score (nSPS) is 14.8. The Bertz CT molecular complexity index is 952. The van der Waals surface area contributed by atoms with Crippen LogP contribution in [0.1, 0.15) is 6.92 Å². The number of piperazine rings is 1. The van der Waals surface area contributed by atoms with E-state index in [0.717, 1.165) is 44.1 Å². The van der Waals surface area contributed by atoms with E-state index in [1.54, 1.807) is 6.07 Å². The molecule has 2 heterocycles. The van der Waals surface area contributed by atoms with Gasteiger partial charge >= 0.3 is 0 Å². The fourth-order valence-corrected chi connectivity index (χ4v) is 3.42. The van der Waals surface area contributed by atoms with E-state index in [9.17, 15) is 8.78 Å². The Hall–Kier alpha value is -3.06. The molecule has 1 aliphatic heterocycles. The van der Waals surface area contributed by atoms with Crippen molar-refractivity contribution in [1.29, 1.82) is 0 Å². The monoisotopic (exact) mass is 395 g/mol. The molecule has 1 aromatic heterocycles. The van der Waals surface area contributed by atoms with Crippen molar-refractivity contribution in [2.75, 3.05) is 42.9 Å². The van der Waals surface area contributed by atoms with E-state index < -0.39 is 11.6 Å². The number of hydrogen-bond donors (Lipinski definition) is 1. The quantitative estimate of drug-likeness (QED) is 0.698. The topological polar surface area (TPSA) is 44.3 Å². The zero-order valence-corrected chi connectivity index (χ0v) is 16.3. The summed E-state index contributed by atoms with van der Waals surface area (Å²) in [5, 5.41) is 2.81. The molecule has 0 aliphatic carbocycles. The van der Waals surface area contributed by atoms with Gasteiger partial charge in [0.2, 0.25) is 0 Å². The molecule has 0 saturated carbocycles. The van der Waals surface area contributed by atoms with Crippen molar-refractivity contribution in [2.24, 2.45) is 0 Å². The lowest BCUT2D eigenvalue weighted by Gasteiger charge is -2.35. The van der Waals surface area contributed by atoms with Gasteiger partial charge in [0.05, 0.1) is 0 Å². The molecule has 0 unspecified atom stereocenters. The van der Waals surface area contributed by atoms with E-state index in [4.69, 9.17) is 4.98 Å². The summed E-state index contributed by atoms with van der Waals surface area (Å²) in [6, 6.07) is 15.1. The van der Waals surface area contributed by atoms with Gasteiger partial charge in [0, 0.05) is 37.8 Å². The van der Waals surface area contributed by atoms with E-state index in [-0.39, 0.29) is 5.69 Å². The van der Waals surface area contributed by atoms with Gasteiger partial charge in [0.15, 0.2) is 5.82 Å². The number of anilines is 3. The fourth-order valence-electron chi connectivity index (χ4n) is 3.42. The minimum Gasteiger partial charge on any atom is -0.354 e. The molecule has 1 fully saturated rings. The van der Waals surface area contributed by atoms with Crippen LogP contribution in [0, 0.1) is 11.6 Å². The van der Waals surface area contributed by atoms with Gasteiger partial charge in [-0.2, -0.15) is 0 Å². The number of halogens is 2. The maximum atomic E-state index is 14.1. The first kappa shape index (κ1) is 19.3. The lowest BCUT2D eigenvalue weighted by Crippen LogP contribution is -2.46. The molecule has 0 amide bonds. The second-order valence-corrected chi connectivity index (χ2v) is 6.94. The van der Waals surface area contributed by atoms with Crippen LogP contribution in [0.25, 0.3) is 11.4 Å². The number of nitrogens with zero attached hydrogens (tertiary/aromatic N) is 4. The van der Waals surface area contributed by atoms with Gasteiger partial charge in [-0.3, -0.25) is 0 Å². The van der Waals surface area contributed by atoms with Crippen molar-refractivity contribution in [2.45, 2.75) is 6.92 Å². The van der Waals surface area contributed by atoms with Crippen LogP contribution in [0.3, 0.4) is 0 Å². The summed E-state index contributed by atoms with van der Waals surface area (Å²) in [5.41, 5.74) is 0.630. The van der Waals surface area contributed by atoms with Crippen molar-refractivity contribution >= 4 is 17.3 Å². The average molecular weight is 395 g/mol. The molecule has 3 aromatic rings. The smallest absolute Gasteiger partial charge is 0.163 e. The minimum atomic E-state index is -0.664. The Morgan fingerprint density at radius 2 is 1.59 bits per heavy atom. The number of benzene rings is 2. The summed E-state index contributed by atoms with van der Waals surface area (Å²) in [4.78, 5) is 13.8. The van der Waals surface area contributed by atoms with Gasteiger partial charge in [-0.15, -0.1) is 0 Å². The highest BCUT2D eigenvalue weighted by Crippen LogP contribution is 2.27. The highest BCUT2D eigenvalue weighted by atomic mass is 19.1. The largest absolute Gasteiger partial charge is 0.354 e. The van der Waals surface area contributed by atoms with Crippen molar-refractivity contribution in [3.63, 3.8) is 0 Å². The van der Waals surface area contributed by atoms with E-state index in [2.05, 4.69) is 27.0 Å². The second kappa shape index (κ2) is 8.53. The lowest BCUT2D eigenvalue weighted by atomic mass is 10.2. The second-order valence-electron chi connectivity index (χ2n) is 6.94. The SMILES string of the molecule is CCN1CCN(c2cc(Nc3c(F)cccc3F)nc(-c3ccccc3)n2)CC1. The summed E-state index contributed by atoms with van der Waals surface area (Å²) in [6.07, 6.45) is 0. The van der Waals surface area contributed by atoms with Crippen LogP contribution in [0.5, 0.6) is 0 Å². The summed E-state index contributed by atoms with van der Waals surface area (Å²) in [7, 11) is 0. The first-order chi connectivity index (χ1) is 14.1. The Morgan fingerprint density at radius 3 is 2.24 bits per heavy atom. The zero-order chi connectivity index (χ0) is 20.2. The predicted octanol–water partition coefficient (Wildman–Crippen LogP) is 4.31. The van der Waals surface area contributed by atoms with Crippen LogP contribution in [0.15, 0.2) is 54.6 Å². The molecular formula is C22H23F2N5. The molecule has 0 radical (unpaired) electrons. The highest BCUT2D eigenvalue weighted by Gasteiger charge is 2.19. The number of likely N-dealkylation sites (N-methyl/N-ethyl adjacent to an activating group) is 1. The first-order valence-corrected chi connectivity index (χ1v) is 9.77. The van der Waals surface area contributed by atoms with Crippen LogP contribution >= 0.6 is 0 Å². The van der Waals surface area contributed by atoms with Crippen LogP contribution in [-0.2, 0) is 0 Å². The van der Waals surface area contributed by atoms with Crippen molar-refractivity contribution in [3.05, 3.63) is 66.2 Å². The molecule has 0 spiro atoms. The predicted molar refractivity (Wildman–Crippen MR) is 111 cm³/mol. The van der Waals surface area contributed by atoms with Gasteiger partial charge in [-0.1, -0.05) is 43.3 Å². The number of aromatic nitrogens is 2. The minimum absolute atomic E-state index is 0.216.